The zero-order chi connectivity index (χ0) is 20.7. The fourth-order valence-electron chi connectivity index (χ4n) is 4.27. The van der Waals surface area contributed by atoms with E-state index in [1.165, 1.54) is 5.39 Å². The highest BCUT2D eigenvalue weighted by Gasteiger charge is 2.35. The summed E-state index contributed by atoms with van der Waals surface area (Å²) in [4.78, 5) is 12.1. The van der Waals surface area contributed by atoms with E-state index in [0.29, 0.717) is 6.54 Å². The highest BCUT2D eigenvalue weighted by molar-refractivity contribution is 5.93. The molecule has 0 radical (unpaired) electrons. The van der Waals surface area contributed by atoms with E-state index in [1.807, 2.05) is 30.6 Å². The van der Waals surface area contributed by atoms with Crippen LogP contribution in [0.15, 0.2) is 67.1 Å². The van der Waals surface area contributed by atoms with Gasteiger partial charge in [-0.2, -0.15) is 0 Å². The van der Waals surface area contributed by atoms with Gasteiger partial charge in [0.25, 0.3) is 0 Å². The number of carbonyl (C=O) groups is 1. The van der Waals surface area contributed by atoms with Gasteiger partial charge in [-0.25, -0.2) is 0 Å². The van der Waals surface area contributed by atoms with Crippen molar-refractivity contribution in [2.45, 2.75) is 12.6 Å². The number of benzene rings is 2. The molecule has 30 heavy (non-hydrogen) atoms. The Morgan fingerprint density at radius 1 is 1.03 bits per heavy atom. The number of nitrogens with zero attached hydrogens (tertiary/aromatic N) is 1. The van der Waals surface area contributed by atoms with Gasteiger partial charge in [0.2, 0.25) is 5.91 Å². The number of fused-ring (bicyclic) bond motifs is 2. The number of hydrogen-bond acceptors (Lipinski definition) is 4. The lowest BCUT2D eigenvalue weighted by Gasteiger charge is -2.26. The fraction of sp³-hybridized carbons (Fsp3) is 0.208. The molecular weight excluding hydrogens is 378 g/mol. The third kappa shape index (κ3) is 3.10. The first kappa shape index (κ1) is 18.4. The third-order valence-electron chi connectivity index (χ3n) is 5.82. The number of rotatable bonds is 5. The van der Waals surface area contributed by atoms with E-state index in [2.05, 4.69) is 51.7 Å². The number of amides is 1. The number of ether oxygens (including phenoxy) is 2. The largest absolute Gasteiger partial charge is 0.497 e. The second-order valence-corrected chi connectivity index (χ2v) is 7.58. The Morgan fingerprint density at radius 2 is 1.83 bits per heavy atom. The number of carbonyl (C=O) groups excluding carboxylic acids is 1. The van der Waals surface area contributed by atoms with Crippen LogP contribution in [0.2, 0.25) is 0 Å². The van der Waals surface area contributed by atoms with E-state index in [4.69, 9.17) is 9.47 Å². The van der Waals surface area contributed by atoms with Crippen LogP contribution in [-0.2, 0) is 11.3 Å². The Balaban J connectivity index is 1.51. The first-order chi connectivity index (χ1) is 14.7. The summed E-state index contributed by atoms with van der Waals surface area (Å²) in [7, 11) is 3.32. The van der Waals surface area contributed by atoms with Crippen molar-refractivity contribution in [3.63, 3.8) is 0 Å². The van der Waals surface area contributed by atoms with Crippen molar-refractivity contribution in [1.82, 2.24) is 15.2 Å². The molecule has 1 amide bonds. The van der Waals surface area contributed by atoms with Crippen molar-refractivity contribution in [1.29, 1.82) is 0 Å². The maximum Gasteiger partial charge on any atom is 0.247 e. The molecule has 0 saturated carbocycles. The fourth-order valence-corrected chi connectivity index (χ4v) is 4.27. The second kappa shape index (κ2) is 7.30. The lowest BCUT2D eigenvalue weighted by molar-refractivity contribution is -0.122. The van der Waals surface area contributed by atoms with Crippen LogP contribution in [0.4, 0.5) is 0 Å². The summed E-state index contributed by atoms with van der Waals surface area (Å²) in [5.74, 6) is 1.60. The van der Waals surface area contributed by atoms with Crippen LogP contribution in [0.25, 0.3) is 16.5 Å². The van der Waals surface area contributed by atoms with Crippen LogP contribution in [0.5, 0.6) is 11.5 Å². The molecular formula is C24H23N3O3. The Kier molecular flexibility index (Phi) is 4.47. The molecule has 0 aliphatic carbocycles. The molecule has 2 unspecified atom stereocenters. The van der Waals surface area contributed by atoms with Crippen LogP contribution in [-0.4, -0.2) is 30.7 Å². The van der Waals surface area contributed by atoms with Gasteiger partial charge in [0.1, 0.15) is 17.5 Å². The van der Waals surface area contributed by atoms with Crippen molar-refractivity contribution in [3.8, 4) is 11.5 Å². The molecule has 2 aromatic carbocycles. The molecule has 6 nitrogen and oxygen atoms in total. The average Bonchev–Trinajstić information content (AvgIpc) is 3.42. The summed E-state index contributed by atoms with van der Waals surface area (Å²) in [5.41, 5.74) is 4.45. The van der Waals surface area contributed by atoms with Gasteiger partial charge >= 0.3 is 0 Å². The van der Waals surface area contributed by atoms with E-state index in [9.17, 15) is 4.79 Å². The molecule has 3 aromatic rings. The van der Waals surface area contributed by atoms with Crippen molar-refractivity contribution in [2.75, 3.05) is 14.2 Å². The van der Waals surface area contributed by atoms with Gasteiger partial charge in [-0.3, -0.25) is 4.79 Å². The highest BCUT2D eigenvalue weighted by atomic mass is 16.5. The first-order valence-electron chi connectivity index (χ1n) is 9.90. The molecule has 1 aromatic heterocycles. The van der Waals surface area contributed by atoms with Crippen LogP contribution in [0, 0.1) is 5.92 Å². The summed E-state index contributed by atoms with van der Waals surface area (Å²) in [6, 6.07) is 14.2. The summed E-state index contributed by atoms with van der Waals surface area (Å²) in [6.07, 6.45) is 7.85. The summed E-state index contributed by atoms with van der Waals surface area (Å²) in [5, 5.41) is 7.20. The molecule has 2 aliphatic heterocycles. The van der Waals surface area contributed by atoms with Crippen molar-refractivity contribution < 1.29 is 14.3 Å². The topological polar surface area (TPSA) is 64.5 Å². The van der Waals surface area contributed by atoms with Crippen molar-refractivity contribution in [2.24, 2.45) is 5.92 Å². The summed E-state index contributed by atoms with van der Waals surface area (Å²) < 4.78 is 13.0. The van der Waals surface area contributed by atoms with Gasteiger partial charge < -0.3 is 24.7 Å². The van der Waals surface area contributed by atoms with Gasteiger partial charge in [-0.15, -0.1) is 0 Å². The summed E-state index contributed by atoms with van der Waals surface area (Å²) >= 11 is 0. The molecule has 5 rings (SSSR count). The minimum Gasteiger partial charge on any atom is -0.497 e. The van der Waals surface area contributed by atoms with Crippen molar-refractivity contribution >= 4 is 22.4 Å². The van der Waals surface area contributed by atoms with E-state index < -0.39 is 0 Å². The molecule has 0 spiro atoms. The maximum absolute atomic E-state index is 12.1. The number of nitrogens with one attached hydrogen (secondary N) is 2. The van der Waals surface area contributed by atoms with Crippen LogP contribution in [0.3, 0.4) is 0 Å². The van der Waals surface area contributed by atoms with E-state index >= 15 is 0 Å². The molecule has 2 N–H and O–H groups in total. The van der Waals surface area contributed by atoms with Crippen LogP contribution in [0.1, 0.15) is 11.1 Å². The molecule has 0 saturated heterocycles. The standard InChI is InChI=1S/C24H23N3O3/c1-29-18-9-15(10-19(12-18)30-2)14-27-8-6-16-3-4-17(11-22(16)27)21-13-26-24(28)23-20(21)5-7-25-23/h3-13,20,23,25H,14H2,1-2H3,(H,26,28). The predicted molar refractivity (Wildman–Crippen MR) is 116 cm³/mol. The quantitative estimate of drug-likeness (QED) is 0.689. The lowest BCUT2D eigenvalue weighted by Crippen LogP contribution is -2.45. The van der Waals surface area contributed by atoms with E-state index in [0.717, 1.165) is 33.7 Å². The smallest absolute Gasteiger partial charge is 0.247 e. The normalized spacial score (nSPS) is 19.8. The Labute approximate surface area is 174 Å². The molecule has 3 heterocycles. The molecule has 0 bridgehead atoms. The molecule has 6 heteroatoms. The maximum atomic E-state index is 12.1. The zero-order valence-electron chi connectivity index (χ0n) is 16.9. The molecule has 2 aliphatic rings. The first-order valence-corrected chi connectivity index (χ1v) is 9.90. The molecule has 0 fully saturated rings. The van der Waals surface area contributed by atoms with Gasteiger partial charge in [-0.1, -0.05) is 18.2 Å². The Morgan fingerprint density at radius 3 is 2.60 bits per heavy atom. The van der Waals surface area contributed by atoms with Gasteiger partial charge in [0.05, 0.1) is 14.2 Å². The highest BCUT2D eigenvalue weighted by Crippen LogP contribution is 2.34. The third-order valence-corrected chi connectivity index (χ3v) is 5.82. The van der Waals surface area contributed by atoms with E-state index in [1.54, 1.807) is 14.2 Å². The zero-order valence-corrected chi connectivity index (χ0v) is 16.9. The van der Waals surface area contributed by atoms with Gasteiger partial charge in [0.15, 0.2) is 0 Å². The van der Waals surface area contributed by atoms with Gasteiger partial charge in [0, 0.05) is 36.4 Å². The SMILES string of the molecule is COc1cc(Cn2ccc3ccc(C4=CNC(=O)C5NC=CC45)cc32)cc(OC)c1. The Bertz CT molecular complexity index is 1170. The number of hydrogen-bond donors (Lipinski definition) is 2. The Hall–Kier alpha value is -3.67. The molecule has 152 valence electrons. The van der Waals surface area contributed by atoms with E-state index in [-0.39, 0.29) is 17.9 Å². The molecule has 2 atom stereocenters. The van der Waals surface area contributed by atoms with Crippen LogP contribution >= 0.6 is 0 Å². The summed E-state index contributed by atoms with van der Waals surface area (Å²) in [6.45, 7) is 0.698. The minimum absolute atomic E-state index is 0.00479. The van der Waals surface area contributed by atoms with Gasteiger partial charge in [-0.05, 0) is 52.6 Å². The lowest BCUT2D eigenvalue weighted by atomic mass is 9.86. The minimum atomic E-state index is -0.239. The second-order valence-electron chi connectivity index (χ2n) is 7.58. The van der Waals surface area contributed by atoms with Crippen molar-refractivity contribution in [3.05, 3.63) is 78.3 Å². The number of aromatic nitrogens is 1. The average molecular weight is 401 g/mol. The predicted octanol–water partition coefficient (Wildman–Crippen LogP) is 3.28. The van der Waals surface area contributed by atoms with Crippen LogP contribution < -0.4 is 20.1 Å². The monoisotopic (exact) mass is 401 g/mol. The number of methoxy groups -OCH3 is 2.